The number of hydrogen-bond acceptors (Lipinski definition) is 3. The van der Waals surface area contributed by atoms with Crippen LogP contribution in [0.25, 0.3) is 12.7 Å². The van der Waals surface area contributed by atoms with Gasteiger partial charge in [-0.3, -0.25) is 0 Å². The second-order valence-electron chi connectivity index (χ2n) is 7.26. The molecule has 1 aliphatic rings. The summed E-state index contributed by atoms with van der Waals surface area (Å²) < 4.78 is 1.61. The van der Waals surface area contributed by atoms with Crippen LogP contribution in [0.1, 0.15) is 50.9 Å². The van der Waals surface area contributed by atoms with Gasteiger partial charge in [-0.05, 0) is 30.5 Å². The van der Waals surface area contributed by atoms with Crippen LogP contribution < -0.4 is 21.4 Å². The predicted molar refractivity (Wildman–Crippen MR) is 115 cm³/mol. The van der Waals surface area contributed by atoms with Gasteiger partial charge < -0.3 is 10.7 Å². The maximum absolute atomic E-state index is 6.30. The Morgan fingerprint density at radius 1 is 1.15 bits per heavy atom. The molecule has 1 aromatic carbocycles. The second kappa shape index (κ2) is 7.47. The van der Waals surface area contributed by atoms with E-state index in [9.17, 15) is 0 Å². The number of hydrogen-bond donors (Lipinski definition) is 1. The summed E-state index contributed by atoms with van der Waals surface area (Å²) in [5.74, 6) is 7.07. The first-order valence-corrected chi connectivity index (χ1v) is 9.71. The summed E-state index contributed by atoms with van der Waals surface area (Å²) in [6.45, 7) is 17.4. The van der Waals surface area contributed by atoms with Crippen LogP contribution in [0.4, 0.5) is 5.69 Å². The number of nitrogen functional groups attached to an aromatic ring is 1. The van der Waals surface area contributed by atoms with E-state index in [4.69, 9.17) is 5.84 Å². The van der Waals surface area contributed by atoms with Gasteiger partial charge in [0.1, 0.15) is 5.82 Å². The topological polar surface area (TPSA) is 47.1 Å². The lowest BCUT2D eigenvalue weighted by molar-refractivity contribution is 0.425. The summed E-state index contributed by atoms with van der Waals surface area (Å²) in [6.07, 6.45) is 7.98. The fourth-order valence-electron chi connectivity index (χ4n) is 4.48. The zero-order chi connectivity index (χ0) is 19.6. The number of nitrogens with two attached hydrogens (primary N) is 1. The Morgan fingerprint density at radius 2 is 1.81 bits per heavy atom. The van der Waals surface area contributed by atoms with Gasteiger partial charge in [0, 0.05) is 16.8 Å². The van der Waals surface area contributed by atoms with Crippen molar-refractivity contribution in [3.05, 3.63) is 71.3 Å². The van der Waals surface area contributed by atoms with E-state index in [1.807, 2.05) is 6.08 Å². The molecule has 2 heterocycles. The third-order valence-electron chi connectivity index (χ3n) is 5.61. The van der Waals surface area contributed by atoms with Crippen molar-refractivity contribution in [1.82, 2.24) is 9.66 Å². The summed E-state index contributed by atoms with van der Waals surface area (Å²) >= 11 is 0. The minimum absolute atomic E-state index is 0.00448. The first-order chi connectivity index (χ1) is 13.0. The summed E-state index contributed by atoms with van der Waals surface area (Å²) in [6, 6.07) is 8.65. The zero-order valence-electron chi connectivity index (χ0n) is 16.5. The van der Waals surface area contributed by atoms with Crippen molar-refractivity contribution in [2.45, 2.75) is 51.5 Å². The Hall–Kier alpha value is -2.75. The molecule has 0 saturated carbocycles. The van der Waals surface area contributed by atoms with Crippen molar-refractivity contribution in [1.29, 1.82) is 0 Å². The Labute approximate surface area is 162 Å². The summed E-state index contributed by atoms with van der Waals surface area (Å²) in [7, 11) is 0. The van der Waals surface area contributed by atoms with E-state index in [0.717, 1.165) is 42.6 Å². The molecule has 0 radical (unpaired) electrons. The molecule has 3 rings (SSSR count). The lowest BCUT2D eigenvalue weighted by Gasteiger charge is -2.33. The summed E-state index contributed by atoms with van der Waals surface area (Å²) in [5, 5.41) is 1.45. The van der Waals surface area contributed by atoms with Gasteiger partial charge in [-0.15, -0.1) is 0 Å². The van der Waals surface area contributed by atoms with Gasteiger partial charge in [-0.1, -0.05) is 70.7 Å². The largest absolute Gasteiger partial charge is 0.337 e. The van der Waals surface area contributed by atoms with Crippen molar-refractivity contribution in [3.8, 4) is 0 Å². The van der Waals surface area contributed by atoms with Gasteiger partial charge in [0.15, 0.2) is 0 Å². The molecule has 1 aromatic heterocycles. The second-order valence-corrected chi connectivity index (χ2v) is 7.26. The quantitative estimate of drug-likeness (QED) is 0.769. The molecule has 2 aromatic rings. The van der Waals surface area contributed by atoms with Gasteiger partial charge in [0.05, 0.1) is 17.2 Å². The van der Waals surface area contributed by atoms with Gasteiger partial charge >= 0.3 is 0 Å². The molecular weight excluding hydrogens is 332 g/mol. The van der Waals surface area contributed by atoms with E-state index in [1.54, 1.807) is 10.8 Å². The SMILES string of the molecule is C=C/C=c1\c(=C)nc(CN2C(=C)C(CCC)(CCC)c3ccccc32)n1N. The summed E-state index contributed by atoms with van der Waals surface area (Å²) in [4.78, 5) is 6.89. The number of anilines is 1. The molecule has 0 fully saturated rings. The van der Waals surface area contributed by atoms with Crippen LogP contribution in [-0.2, 0) is 12.0 Å². The number of imidazole rings is 1. The van der Waals surface area contributed by atoms with Crippen LogP contribution in [0, 0.1) is 0 Å². The lowest BCUT2D eigenvalue weighted by atomic mass is 9.73. The van der Waals surface area contributed by atoms with Gasteiger partial charge in [0.25, 0.3) is 0 Å². The standard InChI is InChI=1S/C23H30N4/c1-6-11-20-17(4)25-22(27(20)24)16-26-18(5)23(14-7-2,15-8-3)19-12-9-10-13-21(19)26/h6,9-13H,1,4-5,7-8,14-16,24H2,2-3H3/b20-11+. The van der Waals surface area contributed by atoms with Crippen molar-refractivity contribution >= 4 is 18.3 Å². The number of rotatable bonds is 7. The molecule has 1 aliphatic heterocycles. The molecule has 27 heavy (non-hydrogen) atoms. The highest BCUT2D eigenvalue weighted by Gasteiger charge is 2.44. The Kier molecular flexibility index (Phi) is 5.26. The van der Waals surface area contributed by atoms with E-state index in [-0.39, 0.29) is 5.41 Å². The molecule has 0 atom stereocenters. The number of allylic oxidation sites excluding steroid dienone is 2. The first-order valence-electron chi connectivity index (χ1n) is 9.71. The van der Waals surface area contributed by atoms with Crippen LogP contribution in [0.2, 0.25) is 0 Å². The first kappa shape index (κ1) is 19.0. The predicted octanol–water partition coefficient (Wildman–Crippen LogP) is 3.35. The van der Waals surface area contributed by atoms with Gasteiger partial charge in [-0.2, -0.15) is 0 Å². The number of aromatic nitrogens is 2. The molecule has 0 unspecified atom stereocenters. The highest BCUT2D eigenvalue weighted by atomic mass is 15.3. The van der Waals surface area contributed by atoms with Crippen molar-refractivity contribution in [2.24, 2.45) is 0 Å². The Morgan fingerprint density at radius 3 is 2.44 bits per heavy atom. The third kappa shape index (κ3) is 2.99. The van der Waals surface area contributed by atoms with E-state index in [0.29, 0.717) is 11.9 Å². The Balaban J connectivity index is 2.09. The van der Waals surface area contributed by atoms with Crippen LogP contribution in [0.3, 0.4) is 0 Å². The van der Waals surface area contributed by atoms with Crippen LogP contribution in [0.5, 0.6) is 0 Å². The maximum Gasteiger partial charge on any atom is 0.148 e. The highest BCUT2D eigenvalue weighted by molar-refractivity contribution is 5.70. The number of fused-ring (bicyclic) bond motifs is 1. The average molecular weight is 363 g/mol. The number of benzene rings is 1. The molecule has 4 nitrogen and oxygen atoms in total. The molecular formula is C23H30N4. The average Bonchev–Trinajstić information content (AvgIpc) is 3.04. The fourth-order valence-corrected chi connectivity index (χ4v) is 4.48. The Bertz CT molecular complexity index is 961. The van der Waals surface area contributed by atoms with E-state index >= 15 is 0 Å². The monoisotopic (exact) mass is 362 g/mol. The van der Waals surface area contributed by atoms with Crippen LogP contribution >= 0.6 is 0 Å². The van der Waals surface area contributed by atoms with Gasteiger partial charge in [0.2, 0.25) is 0 Å². The third-order valence-corrected chi connectivity index (χ3v) is 5.61. The number of nitrogens with zero attached hydrogens (tertiary/aromatic N) is 3. The molecule has 142 valence electrons. The zero-order valence-corrected chi connectivity index (χ0v) is 16.5. The normalized spacial score (nSPS) is 16.0. The van der Waals surface area contributed by atoms with E-state index < -0.39 is 0 Å². The summed E-state index contributed by atoms with van der Waals surface area (Å²) in [5.41, 5.74) is 3.74. The highest BCUT2D eigenvalue weighted by Crippen LogP contribution is 2.52. The fraction of sp³-hybridized carbons (Fsp3) is 0.348. The molecule has 0 spiro atoms. The molecule has 2 N–H and O–H groups in total. The minimum Gasteiger partial charge on any atom is -0.337 e. The van der Waals surface area contributed by atoms with Crippen molar-refractivity contribution in [3.63, 3.8) is 0 Å². The van der Waals surface area contributed by atoms with Crippen LogP contribution in [0.15, 0.2) is 49.2 Å². The lowest BCUT2D eigenvalue weighted by Crippen LogP contribution is -2.35. The van der Waals surface area contributed by atoms with Gasteiger partial charge in [-0.25, -0.2) is 9.66 Å². The smallest absolute Gasteiger partial charge is 0.148 e. The number of para-hydroxylation sites is 1. The molecule has 0 aliphatic carbocycles. The van der Waals surface area contributed by atoms with Crippen molar-refractivity contribution < 1.29 is 0 Å². The molecule has 0 amide bonds. The molecule has 0 bridgehead atoms. The van der Waals surface area contributed by atoms with E-state index in [1.165, 1.54) is 11.3 Å². The maximum atomic E-state index is 6.30. The molecule has 4 heteroatoms. The molecule has 0 saturated heterocycles. The minimum atomic E-state index is -0.00448. The van der Waals surface area contributed by atoms with Crippen LogP contribution in [-0.4, -0.2) is 9.66 Å². The van der Waals surface area contributed by atoms with E-state index in [2.05, 4.69) is 67.7 Å². The van der Waals surface area contributed by atoms with Crippen molar-refractivity contribution in [2.75, 3.05) is 10.7 Å².